The highest BCUT2D eigenvalue weighted by atomic mass is 32.2. The Balaban J connectivity index is 2.78. The molecule has 18 heavy (non-hydrogen) atoms. The fraction of sp³-hybridized carbons (Fsp3) is 0.333. The predicted molar refractivity (Wildman–Crippen MR) is 67.8 cm³/mol. The first-order valence-corrected chi connectivity index (χ1v) is 7.33. The van der Waals surface area contributed by atoms with Crippen molar-refractivity contribution in [2.75, 3.05) is 25.6 Å². The molecule has 1 aromatic rings. The lowest BCUT2D eigenvalue weighted by molar-refractivity contribution is 0.0803. The summed E-state index contributed by atoms with van der Waals surface area (Å²) in [6, 6.07) is 8.26. The van der Waals surface area contributed by atoms with Gasteiger partial charge in [-0.3, -0.25) is 4.79 Å². The van der Waals surface area contributed by atoms with E-state index in [-0.39, 0.29) is 18.2 Å². The van der Waals surface area contributed by atoms with Crippen LogP contribution in [0.4, 0.5) is 0 Å². The van der Waals surface area contributed by atoms with Crippen molar-refractivity contribution in [3.63, 3.8) is 0 Å². The molecule has 0 heterocycles. The van der Waals surface area contributed by atoms with Crippen LogP contribution >= 0.6 is 0 Å². The highest BCUT2D eigenvalue weighted by Gasteiger charge is 2.13. The lowest BCUT2D eigenvalue weighted by Crippen LogP contribution is -2.31. The van der Waals surface area contributed by atoms with Crippen LogP contribution in [0.15, 0.2) is 24.3 Å². The lowest BCUT2D eigenvalue weighted by atomic mass is 10.1. The Kier molecular flexibility index (Phi) is 4.45. The van der Waals surface area contributed by atoms with Gasteiger partial charge in [0.1, 0.15) is 9.84 Å². The molecule has 0 saturated heterocycles. The second kappa shape index (κ2) is 5.65. The van der Waals surface area contributed by atoms with Crippen LogP contribution in [0.25, 0.3) is 0 Å². The van der Waals surface area contributed by atoms with E-state index >= 15 is 0 Å². The zero-order valence-electron chi connectivity index (χ0n) is 10.3. The summed E-state index contributed by atoms with van der Waals surface area (Å²) in [6.45, 7) is 0.133. The van der Waals surface area contributed by atoms with Gasteiger partial charge in [0.15, 0.2) is 0 Å². The first kappa shape index (κ1) is 14.2. The molecule has 0 aromatic heterocycles. The summed E-state index contributed by atoms with van der Waals surface area (Å²) in [5.74, 6) is -0.372. The zero-order valence-corrected chi connectivity index (χ0v) is 11.1. The maximum atomic E-state index is 12.0. The molecule has 6 heteroatoms. The Labute approximate surface area is 107 Å². The molecule has 0 bridgehead atoms. The van der Waals surface area contributed by atoms with Crippen molar-refractivity contribution in [1.82, 2.24) is 4.90 Å². The average Bonchev–Trinajstić information content (AvgIpc) is 2.34. The maximum Gasteiger partial charge on any atom is 0.253 e. The third kappa shape index (κ3) is 4.18. The Morgan fingerprint density at radius 2 is 2.11 bits per heavy atom. The van der Waals surface area contributed by atoms with Crippen molar-refractivity contribution in [3.05, 3.63) is 35.4 Å². The molecule has 1 rings (SSSR count). The SMILES string of the molecule is CN(CCS(C)(=O)=O)C(=O)c1cccc(C#N)c1. The Morgan fingerprint density at radius 3 is 2.67 bits per heavy atom. The number of amides is 1. The van der Waals surface area contributed by atoms with Crippen molar-refractivity contribution in [2.45, 2.75) is 0 Å². The maximum absolute atomic E-state index is 12.0. The van der Waals surface area contributed by atoms with E-state index in [1.165, 1.54) is 18.0 Å². The van der Waals surface area contributed by atoms with Gasteiger partial charge >= 0.3 is 0 Å². The van der Waals surface area contributed by atoms with Gasteiger partial charge in [-0.05, 0) is 18.2 Å². The third-order valence-corrected chi connectivity index (χ3v) is 3.31. The first-order chi connectivity index (χ1) is 8.33. The van der Waals surface area contributed by atoms with Crippen molar-refractivity contribution in [3.8, 4) is 6.07 Å². The van der Waals surface area contributed by atoms with Crippen molar-refractivity contribution in [2.24, 2.45) is 0 Å². The van der Waals surface area contributed by atoms with Gasteiger partial charge in [-0.25, -0.2) is 8.42 Å². The number of rotatable bonds is 4. The number of hydrogen-bond acceptors (Lipinski definition) is 4. The van der Waals surface area contributed by atoms with Crippen LogP contribution in [0, 0.1) is 11.3 Å². The molecule has 0 aliphatic rings. The third-order valence-electron chi connectivity index (χ3n) is 2.38. The number of carbonyl (C=O) groups is 1. The summed E-state index contributed by atoms with van der Waals surface area (Å²) in [7, 11) is -1.56. The molecule has 0 saturated carbocycles. The number of sulfone groups is 1. The van der Waals surface area contributed by atoms with E-state index in [1.54, 1.807) is 18.2 Å². The van der Waals surface area contributed by atoms with E-state index in [2.05, 4.69) is 0 Å². The molecular weight excluding hydrogens is 252 g/mol. The minimum Gasteiger partial charge on any atom is -0.341 e. The number of nitriles is 1. The molecule has 0 unspecified atom stereocenters. The van der Waals surface area contributed by atoms with E-state index in [4.69, 9.17) is 5.26 Å². The molecule has 0 aliphatic carbocycles. The van der Waals surface area contributed by atoms with E-state index < -0.39 is 9.84 Å². The highest BCUT2D eigenvalue weighted by Crippen LogP contribution is 2.07. The van der Waals surface area contributed by atoms with E-state index in [1.807, 2.05) is 6.07 Å². The van der Waals surface area contributed by atoms with Gasteiger partial charge in [0.2, 0.25) is 0 Å². The second-order valence-electron chi connectivity index (χ2n) is 4.05. The van der Waals surface area contributed by atoms with Gasteiger partial charge in [-0.2, -0.15) is 5.26 Å². The van der Waals surface area contributed by atoms with Crippen LogP contribution in [-0.4, -0.2) is 44.8 Å². The average molecular weight is 266 g/mol. The minimum absolute atomic E-state index is 0.0762. The minimum atomic E-state index is -3.09. The van der Waals surface area contributed by atoms with Crippen LogP contribution in [-0.2, 0) is 9.84 Å². The monoisotopic (exact) mass is 266 g/mol. The molecule has 0 atom stereocenters. The first-order valence-electron chi connectivity index (χ1n) is 5.27. The van der Waals surface area contributed by atoms with Gasteiger partial charge in [0, 0.05) is 25.4 Å². The second-order valence-corrected chi connectivity index (χ2v) is 6.31. The molecular formula is C12H14N2O3S. The van der Waals surface area contributed by atoms with Gasteiger partial charge in [0.05, 0.1) is 17.4 Å². The highest BCUT2D eigenvalue weighted by molar-refractivity contribution is 7.90. The zero-order chi connectivity index (χ0) is 13.8. The number of benzene rings is 1. The fourth-order valence-electron chi connectivity index (χ4n) is 1.35. The van der Waals surface area contributed by atoms with Crippen molar-refractivity contribution >= 4 is 15.7 Å². The van der Waals surface area contributed by atoms with E-state index in [0.717, 1.165) is 6.26 Å². The largest absolute Gasteiger partial charge is 0.341 e. The molecule has 1 aromatic carbocycles. The molecule has 1 amide bonds. The summed E-state index contributed by atoms with van der Waals surface area (Å²) in [4.78, 5) is 13.3. The fourth-order valence-corrected chi connectivity index (χ4v) is 1.95. The molecule has 0 aliphatic heterocycles. The lowest BCUT2D eigenvalue weighted by Gasteiger charge is -2.16. The molecule has 0 N–H and O–H groups in total. The Bertz CT molecular complexity index is 588. The summed E-state index contributed by atoms with van der Waals surface area (Å²) in [6.07, 6.45) is 1.13. The predicted octanol–water partition coefficient (Wildman–Crippen LogP) is 0.675. The smallest absolute Gasteiger partial charge is 0.253 e. The van der Waals surface area contributed by atoms with Crippen LogP contribution in [0.5, 0.6) is 0 Å². The van der Waals surface area contributed by atoms with Crippen LogP contribution in [0.2, 0.25) is 0 Å². The molecule has 0 spiro atoms. The number of hydrogen-bond donors (Lipinski definition) is 0. The summed E-state index contributed by atoms with van der Waals surface area (Å²) < 4.78 is 22.0. The van der Waals surface area contributed by atoms with Gasteiger partial charge in [-0.1, -0.05) is 6.07 Å². The van der Waals surface area contributed by atoms with Gasteiger partial charge in [0.25, 0.3) is 5.91 Å². The van der Waals surface area contributed by atoms with Crippen molar-refractivity contribution < 1.29 is 13.2 Å². The Morgan fingerprint density at radius 1 is 1.44 bits per heavy atom. The molecule has 96 valence electrons. The normalized spacial score (nSPS) is 10.7. The topological polar surface area (TPSA) is 78.2 Å². The summed E-state index contributed by atoms with van der Waals surface area (Å²) in [5.41, 5.74) is 0.780. The quantitative estimate of drug-likeness (QED) is 0.802. The summed E-state index contributed by atoms with van der Waals surface area (Å²) >= 11 is 0. The molecule has 0 radical (unpaired) electrons. The van der Waals surface area contributed by atoms with Gasteiger partial charge < -0.3 is 4.90 Å². The van der Waals surface area contributed by atoms with E-state index in [0.29, 0.717) is 11.1 Å². The molecule has 0 fully saturated rings. The molecule has 5 nitrogen and oxygen atoms in total. The van der Waals surface area contributed by atoms with Gasteiger partial charge in [-0.15, -0.1) is 0 Å². The standard InChI is InChI=1S/C12H14N2O3S/c1-14(6-7-18(2,16)17)12(15)11-5-3-4-10(8-11)9-13/h3-5,8H,6-7H2,1-2H3. The van der Waals surface area contributed by atoms with Crippen LogP contribution in [0.1, 0.15) is 15.9 Å². The van der Waals surface area contributed by atoms with Crippen LogP contribution < -0.4 is 0 Å². The Hall–Kier alpha value is -1.87. The van der Waals surface area contributed by atoms with E-state index in [9.17, 15) is 13.2 Å². The number of nitrogens with zero attached hydrogens (tertiary/aromatic N) is 2. The van der Waals surface area contributed by atoms with Crippen LogP contribution in [0.3, 0.4) is 0 Å². The van der Waals surface area contributed by atoms with Crippen molar-refractivity contribution in [1.29, 1.82) is 5.26 Å². The number of carbonyl (C=O) groups excluding carboxylic acids is 1. The summed E-state index contributed by atoms with van der Waals surface area (Å²) in [5, 5.41) is 8.74.